The maximum atomic E-state index is 13.4. The number of aryl methyl sites for hydroxylation is 2. The van der Waals surface area contributed by atoms with Crippen molar-refractivity contribution < 1.29 is 9.13 Å². The second kappa shape index (κ2) is 5.00. The van der Waals surface area contributed by atoms with E-state index in [-0.39, 0.29) is 5.82 Å². The van der Waals surface area contributed by atoms with E-state index < -0.39 is 0 Å². The molecule has 0 atom stereocenters. The lowest BCUT2D eigenvalue weighted by molar-refractivity contribution is 0.453. The maximum Gasteiger partial charge on any atom is 0.226 e. The number of hydrogen-bond acceptors (Lipinski definition) is 4. The van der Waals surface area contributed by atoms with Gasteiger partial charge in [0.05, 0.1) is 0 Å². The predicted molar refractivity (Wildman–Crippen MR) is 67.5 cm³/mol. The number of anilines is 1. The highest BCUT2D eigenvalue weighted by atomic mass is 19.1. The Hall–Kier alpha value is -2.17. The minimum atomic E-state index is -0.298. The summed E-state index contributed by atoms with van der Waals surface area (Å²) in [5.74, 6) is 0.996. The van der Waals surface area contributed by atoms with E-state index >= 15 is 0 Å². The fourth-order valence-corrected chi connectivity index (χ4v) is 1.40. The fourth-order valence-electron chi connectivity index (χ4n) is 1.40. The van der Waals surface area contributed by atoms with E-state index in [1.165, 1.54) is 6.07 Å². The molecular weight excluding hydrogens is 233 g/mol. The minimum Gasteiger partial charge on any atom is -0.438 e. The molecule has 1 aromatic heterocycles. The van der Waals surface area contributed by atoms with Gasteiger partial charge in [-0.15, -0.1) is 0 Å². The summed E-state index contributed by atoms with van der Waals surface area (Å²) in [5.41, 5.74) is 1.37. The summed E-state index contributed by atoms with van der Waals surface area (Å²) in [6.45, 7) is 3.54. The van der Waals surface area contributed by atoms with E-state index in [0.717, 1.165) is 5.56 Å². The van der Waals surface area contributed by atoms with Crippen LogP contribution in [0.5, 0.6) is 11.6 Å². The van der Waals surface area contributed by atoms with Crippen molar-refractivity contribution in [2.75, 3.05) is 12.4 Å². The molecule has 0 saturated heterocycles. The molecular formula is C13H14FN3O. The lowest BCUT2D eigenvalue weighted by Gasteiger charge is -2.09. The summed E-state index contributed by atoms with van der Waals surface area (Å²) in [6, 6.07) is 4.72. The maximum absolute atomic E-state index is 13.4. The van der Waals surface area contributed by atoms with Crippen molar-refractivity contribution in [2.24, 2.45) is 0 Å². The van der Waals surface area contributed by atoms with Crippen LogP contribution in [0, 0.1) is 19.7 Å². The molecule has 2 rings (SSSR count). The van der Waals surface area contributed by atoms with Crippen LogP contribution in [-0.4, -0.2) is 17.0 Å². The van der Waals surface area contributed by atoms with Crippen LogP contribution < -0.4 is 10.1 Å². The van der Waals surface area contributed by atoms with Gasteiger partial charge >= 0.3 is 0 Å². The highest BCUT2D eigenvalue weighted by Gasteiger charge is 2.07. The monoisotopic (exact) mass is 247 g/mol. The molecule has 0 amide bonds. The molecule has 0 radical (unpaired) electrons. The van der Waals surface area contributed by atoms with Crippen LogP contribution in [0.1, 0.15) is 11.1 Å². The van der Waals surface area contributed by atoms with Crippen molar-refractivity contribution in [3.63, 3.8) is 0 Å². The Morgan fingerprint density at radius 3 is 2.67 bits per heavy atom. The first kappa shape index (κ1) is 12.3. The normalized spacial score (nSPS) is 10.2. The van der Waals surface area contributed by atoms with Gasteiger partial charge in [-0.2, -0.15) is 4.98 Å². The summed E-state index contributed by atoms with van der Waals surface area (Å²) in [5, 5.41) is 2.82. The second-order valence-electron chi connectivity index (χ2n) is 3.94. The van der Waals surface area contributed by atoms with Gasteiger partial charge in [0.1, 0.15) is 11.6 Å². The summed E-state index contributed by atoms with van der Waals surface area (Å²) in [4.78, 5) is 8.23. The molecule has 94 valence electrons. The van der Waals surface area contributed by atoms with Crippen LogP contribution in [0.2, 0.25) is 0 Å². The molecule has 0 bridgehead atoms. The smallest absolute Gasteiger partial charge is 0.226 e. The van der Waals surface area contributed by atoms with Gasteiger partial charge < -0.3 is 10.1 Å². The van der Waals surface area contributed by atoms with Crippen molar-refractivity contribution in [1.82, 2.24) is 9.97 Å². The third-order valence-corrected chi connectivity index (χ3v) is 2.51. The second-order valence-corrected chi connectivity index (χ2v) is 3.94. The third kappa shape index (κ3) is 2.56. The number of hydrogen-bond donors (Lipinski definition) is 1. The van der Waals surface area contributed by atoms with Crippen LogP contribution in [0.4, 0.5) is 10.3 Å². The molecule has 0 spiro atoms. The van der Waals surface area contributed by atoms with Crippen molar-refractivity contribution in [1.29, 1.82) is 0 Å². The summed E-state index contributed by atoms with van der Waals surface area (Å²) in [6.07, 6.45) is 1.65. The van der Waals surface area contributed by atoms with Crippen molar-refractivity contribution in [2.45, 2.75) is 13.8 Å². The van der Waals surface area contributed by atoms with E-state index in [2.05, 4.69) is 15.3 Å². The van der Waals surface area contributed by atoms with E-state index in [1.807, 2.05) is 6.92 Å². The zero-order valence-electron chi connectivity index (χ0n) is 10.5. The molecule has 5 heteroatoms. The van der Waals surface area contributed by atoms with Crippen LogP contribution in [0.25, 0.3) is 0 Å². The molecule has 0 aliphatic heterocycles. The van der Waals surface area contributed by atoms with Crippen LogP contribution >= 0.6 is 0 Å². The number of nitrogens with one attached hydrogen (secondary N) is 1. The molecule has 4 nitrogen and oxygen atoms in total. The zero-order chi connectivity index (χ0) is 13.1. The Labute approximate surface area is 105 Å². The van der Waals surface area contributed by atoms with Crippen LogP contribution in [0.15, 0.2) is 24.4 Å². The first-order chi connectivity index (χ1) is 8.60. The van der Waals surface area contributed by atoms with Crippen LogP contribution in [0.3, 0.4) is 0 Å². The van der Waals surface area contributed by atoms with Gasteiger partial charge in [-0.1, -0.05) is 6.07 Å². The zero-order valence-corrected chi connectivity index (χ0v) is 10.5. The molecule has 0 unspecified atom stereocenters. The molecule has 2 aromatic rings. The SMILES string of the molecule is CNc1ncc(C)c(Oc2ccc(C)c(F)c2)n1. The average Bonchev–Trinajstić information content (AvgIpc) is 2.36. The van der Waals surface area contributed by atoms with Gasteiger partial charge in [0.25, 0.3) is 0 Å². The lowest BCUT2D eigenvalue weighted by atomic mass is 10.2. The fraction of sp³-hybridized carbons (Fsp3) is 0.231. The van der Waals surface area contributed by atoms with Gasteiger partial charge in [0.15, 0.2) is 0 Å². The Kier molecular flexibility index (Phi) is 3.41. The van der Waals surface area contributed by atoms with E-state index in [0.29, 0.717) is 23.1 Å². The summed E-state index contributed by atoms with van der Waals surface area (Å²) >= 11 is 0. The van der Waals surface area contributed by atoms with Crippen molar-refractivity contribution >= 4 is 5.95 Å². The van der Waals surface area contributed by atoms with E-state index in [1.54, 1.807) is 32.3 Å². The molecule has 0 fully saturated rings. The van der Waals surface area contributed by atoms with Crippen LogP contribution in [-0.2, 0) is 0 Å². The molecule has 1 heterocycles. The topological polar surface area (TPSA) is 47.0 Å². The number of aromatic nitrogens is 2. The molecule has 1 N–H and O–H groups in total. The largest absolute Gasteiger partial charge is 0.438 e. The number of halogens is 1. The van der Waals surface area contributed by atoms with Gasteiger partial charge in [0.2, 0.25) is 11.8 Å². The molecule has 18 heavy (non-hydrogen) atoms. The third-order valence-electron chi connectivity index (χ3n) is 2.51. The minimum absolute atomic E-state index is 0.298. The van der Waals surface area contributed by atoms with E-state index in [9.17, 15) is 4.39 Å². The first-order valence-electron chi connectivity index (χ1n) is 5.55. The number of rotatable bonds is 3. The van der Waals surface area contributed by atoms with Gasteiger partial charge in [-0.05, 0) is 25.5 Å². The van der Waals surface area contributed by atoms with Gasteiger partial charge in [-0.3, -0.25) is 0 Å². The van der Waals surface area contributed by atoms with Gasteiger partial charge in [-0.25, -0.2) is 9.37 Å². The van der Waals surface area contributed by atoms with Crippen molar-refractivity contribution in [3.05, 3.63) is 41.3 Å². The first-order valence-corrected chi connectivity index (χ1v) is 5.55. The molecule has 1 aromatic carbocycles. The Morgan fingerprint density at radius 1 is 1.22 bits per heavy atom. The van der Waals surface area contributed by atoms with Gasteiger partial charge in [0, 0.05) is 24.9 Å². The summed E-state index contributed by atoms with van der Waals surface area (Å²) in [7, 11) is 1.72. The number of benzene rings is 1. The quantitative estimate of drug-likeness (QED) is 0.905. The predicted octanol–water partition coefficient (Wildman–Crippen LogP) is 3.07. The molecule has 0 saturated carbocycles. The van der Waals surface area contributed by atoms with Crippen molar-refractivity contribution in [3.8, 4) is 11.6 Å². The highest BCUT2D eigenvalue weighted by molar-refractivity contribution is 5.36. The Bertz CT molecular complexity index is 572. The highest BCUT2D eigenvalue weighted by Crippen LogP contribution is 2.24. The Balaban J connectivity index is 2.30. The molecule has 0 aliphatic rings. The van der Waals surface area contributed by atoms with E-state index in [4.69, 9.17) is 4.74 Å². The molecule has 0 aliphatic carbocycles. The average molecular weight is 247 g/mol. The number of nitrogens with zero attached hydrogens (tertiary/aromatic N) is 2. The number of ether oxygens (including phenoxy) is 1. The Morgan fingerprint density at radius 2 is 2.00 bits per heavy atom. The standard InChI is InChI=1S/C13H14FN3O/c1-8-4-5-10(6-11(8)14)18-12-9(2)7-16-13(15-3)17-12/h4-7H,1-3H3,(H,15,16,17). The summed E-state index contributed by atoms with van der Waals surface area (Å²) < 4.78 is 19.0. The lowest BCUT2D eigenvalue weighted by Crippen LogP contribution is -2.00.